The maximum Gasteiger partial charge on any atom is 0.141 e. The molecule has 1 aromatic carbocycles. The fourth-order valence-corrected chi connectivity index (χ4v) is 2.39. The van der Waals surface area contributed by atoms with Gasteiger partial charge in [0.15, 0.2) is 0 Å². The highest BCUT2D eigenvalue weighted by Crippen LogP contribution is 2.21. The third-order valence-electron chi connectivity index (χ3n) is 3.34. The molecule has 2 rings (SSSR count). The van der Waals surface area contributed by atoms with Crippen molar-refractivity contribution in [2.24, 2.45) is 0 Å². The van der Waals surface area contributed by atoms with Gasteiger partial charge in [0.1, 0.15) is 11.5 Å². The molecule has 0 spiro atoms. The quantitative estimate of drug-likeness (QED) is 0.738. The molecule has 0 bridgehead atoms. The molecular formula is C16H20O2. The molecule has 0 aromatic heterocycles. The van der Waals surface area contributed by atoms with E-state index in [2.05, 4.69) is 6.08 Å². The van der Waals surface area contributed by atoms with Gasteiger partial charge in [-0.2, -0.15) is 0 Å². The van der Waals surface area contributed by atoms with E-state index in [1.54, 1.807) is 7.11 Å². The first-order chi connectivity index (χ1) is 8.78. The summed E-state index contributed by atoms with van der Waals surface area (Å²) in [6.45, 7) is 0. The minimum absolute atomic E-state index is 0.302. The van der Waals surface area contributed by atoms with Crippen LogP contribution in [0.2, 0.25) is 0 Å². The van der Waals surface area contributed by atoms with Gasteiger partial charge in [-0.15, -0.1) is 0 Å². The number of carbonyl (C=O) groups excluding carboxylic acids is 1. The second-order valence-electron chi connectivity index (χ2n) is 4.85. The lowest BCUT2D eigenvalue weighted by Crippen LogP contribution is -2.06. The van der Waals surface area contributed by atoms with Gasteiger partial charge in [-0.3, -0.25) is 4.79 Å². The Balaban J connectivity index is 1.92. The number of carbonyl (C=O) groups is 1. The molecule has 2 nitrogen and oxygen atoms in total. The van der Waals surface area contributed by atoms with Gasteiger partial charge >= 0.3 is 0 Å². The van der Waals surface area contributed by atoms with Gasteiger partial charge in [0.2, 0.25) is 0 Å². The molecule has 1 aromatic rings. The van der Waals surface area contributed by atoms with Crippen molar-refractivity contribution < 1.29 is 9.53 Å². The number of hydrogen-bond acceptors (Lipinski definition) is 2. The van der Waals surface area contributed by atoms with Crippen LogP contribution in [0.3, 0.4) is 0 Å². The Labute approximate surface area is 109 Å². The van der Waals surface area contributed by atoms with E-state index in [4.69, 9.17) is 4.74 Å². The van der Waals surface area contributed by atoms with E-state index >= 15 is 0 Å². The van der Waals surface area contributed by atoms with Crippen molar-refractivity contribution in [1.82, 2.24) is 0 Å². The molecule has 1 aliphatic rings. The number of ether oxygens (including phenoxy) is 1. The largest absolute Gasteiger partial charge is 0.497 e. The van der Waals surface area contributed by atoms with E-state index in [0.717, 1.165) is 24.2 Å². The second-order valence-corrected chi connectivity index (χ2v) is 4.85. The van der Waals surface area contributed by atoms with Crippen LogP contribution < -0.4 is 4.74 Å². The Morgan fingerprint density at radius 3 is 2.89 bits per heavy atom. The summed E-state index contributed by atoms with van der Waals surface area (Å²) in [5, 5.41) is 0. The zero-order valence-electron chi connectivity index (χ0n) is 10.9. The minimum Gasteiger partial charge on any atom is -0.497 e. The van der Waals surface area contributed by atoms with Crippen molar-refractivity contribution >= 4 is 5.78 Å². The first-order valence-electron chi connectivity index (χ1n) is 6.60. The Morgan fingerprint density at radius 1 is 1.28 bits per heavy atom. The summed E-state index contributed by atoms with van der Waals surface area (Å²) in [4.78, 5) is 12.0. The molecule has 96 valence electrons. The number of rotatable bonds is 5. The van der Waals surface area contributed by atoms with Gasteiger partial charge in [-0.25, -0.2) is 0 Å². The summed E-state index contributed by atoms with van der Waals surface area (Å²) in [6, 6.07) is 7.75. The molecule has 1 aliphatic carbocycles. The molecule has 2 heteroatoms. The summed E-state index contributed by atoms with van der Waals surface area (Å²) in [5.74, 6) is 1.12. The van der Waals surface area contributed by atoms with Crippen molar-refractivity contribution in [3.63, 3.8) is 0 Å². The fourth-order valence-electron chi connectivity index (χ4n) is 2.39. The molecule has 0 radical (unpaired) electrons. The first kappa shape index (κ1) is 12.9. The first-order valence-corrected chi connectivity index (χ1v) is 6.60. The molecule has 0 atom stereocenters. The summed E-state index contributed by atoms with van der Waals surface area (Å²) in [5.41, 5.74) is 2.37. The standard InChI is InChI=1S/C16H20O2/c1-18-16-9-5-8-14(12-16)11-15(17)10-13-6-3-2-4-7-13/h5-6,8-9,12H,2-4,7,10-11H2,1H3. The Bertz CT molecular complexity index is 446. The van der Waals surface area contributed by atoms with Crippen molar-refractivity contribution in [1.29, 1.82) is 0 Å². The van der Waals surface area contributed by atoms with Gasteiger partial charge in [0.25, 0.3) is 0 Å². The van der Waals surface area contributed by atoms with Crippen LogP contribution in [0.5, 0.6) is 5.75 Å². The Kier molecular flexibility index (Phi) is 4.57. The van der Waals surface area contributed by atoms with Crippen molar-refractivity contribution in [3.8, 4) is 5.75 Å². The molecular weight excluding hydrogens is 224 g/mol. The van der Waals surface area contributed by atoms with Crippen LogP contribution in [-0.2, 0) is 11.2 Å². The topological polar surface area (TPSA) is 26.3 Å². The van der Waals surface area contributed by atoms with Crippen LogP contribution in [0, 0.1) is 0 Å². The molecule has 0 unspecified atom stereocenters. The molecule has 0 saturated carbocycles. The van der Waals surface area contributed by atoms with Gasteiger partial charge in [0, 0.05) is 12.8 Å². The summed E-state index contributed by atoms with van der Waals surface area (Å²) >= 11 is 0. The van der Waals surface area contributed by atoms with Crippen molar-refractivity contribution in [2.75, 3.05) is 7.11 Å². The second kappa shape index (κ2) is 6.39. The number of ketones is 1. The number of Topliss-reactive ketones (excluding diaryl/α,β-unsaturated/α-hetero) is 1. The van der Waals surface area contributed by atoms with E-state index in [9.17, 15) is 4.79 Å². The lowest BCUT2D eigenvalue weighted by atomic mass is 9.94. The normalized spacial score (nSPS) is 15.1. The molecule has 0 saturated heterocycles. The number of methoxy groups -OCH3 is 1. The summed E-state index contributed by atoms with van der Waals surface area (Å²) < 4.78 is 5.16. The highest BCUT2D eigenvalue weighted by molar-refractivity contribution is 5.83. The summed E-state index contributed by atoms with van der Waals surface area (Å²) in [7, 11) is 1.65. The molecule has 0 fully saturated rings. The van der Waals surface area contributed by atoms with Gasteiger partial charge in [0.05, 0.1) is 7.11 Å². The van der Waals surface area contributed by atoms with Crippen molar-refractivity contribution in [3.05, 3.63) is 41.5 Å². The van der Waals surface area contributed by atoms with Crippen LogP contribution >= 0.6 is 0 Å². The van der Waals surface area contributed by atoms with E-state index in [-0.39, 0.29) is 0 Å². The molecule has 0 heterocycles. The fraction of sp³-hybridized carbons (Fsp3) is 0.438. The third kappa shape index (κ3) is 3.73. The van der Waals surface area contributed by atoms with Gasteiger partial charge in [-0.1, -0.05) is 23.8 Å². The summed E-state index contributed by atoms with van der Waals surface area (Å²) in [6.07, 6.45) is 8.12. The van der Waals surface area contributed by atoms with Crippen LogP contribution in [0.15, 0.2) is 35.9 Å². The SMILES string of the molecule is COc1cccc(CC(=O)CC2=CCCCC2)c1. The van der Waals surface area contributed by atoms with Crippen LogP contribution in [0.25, 0.3) is 0 Å². The zero-order chi connectivity index (χ0) is 12.8. The van der Waals surface area contributed by atoms with Crippen LogP contribution in [0.4, 0.5) is 0 Å². The van der Waals surface area contributed by atoms with Crippen LogP contribution in [0.1, 0.15) is 37.7 Å². The molecule has 18 heavy (non-hydrogen) atoms. The van der Waals surface area contributed by atoms with E-state index in [0.29, 0.717) is 18.6 Å². The predicted molar refractivity (Wildman–Crippen MR) is 72.9 cm³/mol. The number of allylic oxidation sites excluding steroid dienone is 2. The van der Waals surface area contributed by atoms with E-state index < -0.39 is 0 Å². The molecule has 0 amide bonds. The average Bonchev–Trinajstić information content (AvgIpc) is 2.40. The Hall–Kier alpha value is -1.57. The number of hydrogen-bond donors (Lipinski definition) is 0. The monoisotopic (exact) mass is 244 g/mol. The van der Waals surface area contributed by atoms with E-state index in [1.165, 1.54) is 18.4 Å². The number of benzene rings is 1. The van der Waals surface area contributed by atoms with Gasteiger partial charge < -0.3 is 4.74 Å². The zero-order valence-corrected chi connectivity index (χ0v) is 10.9. The lowest BCUT2D eigenvalue weighted by molar-refractivity contribution is -0.117. The minimum atomic E-state index is 0.302. The Morgan fingerprint density at radius 2 is 2.17 bits per heavy atom. The van der Waals surface area contributed by atoms with Crippen LogP contribution in [-0.4, -0.2) is 12.9 Å². The lowest BCUT2D eigenvalue weighted by Gasteiger charge is -2.11. The predicted octanol–water partition coefficient (Wildman–Crippen LogP) is 3.70. The molecule has 0 N–H and O–H groups in total. The van der Waals surface area contributed by atoms with Gasteiger partial charge in [-0.05, 0) is 43.4 Å². The molecule has 0 aliphatic heterocycles. The van der Waals surface area contributed by atoms with Crippen molar-refractivity contribution in [2.45, 2.75) is 38.5 Å². The average molecular weight is 244 g/mol. The third-order valence-corrected chi connectivity index (χ3v) is 3.34. The highest BCUT2D eigenvalue weighted by atomic mass is 16.5. The maximum absolute atomic E-state index is 12.0. The maximum atomic E-state index is 12.0. The smallest absolute Gasteiger partial charge is 0.141 e. The van der Waals surface area contributed by atoms with E-state index in [1.807, 2.05) is 24.3 Å². The highest BCUT2D eigenvalue weighted by Gasteiger charge is 2.10.